The van der Waals surface area contributed by atoms with Crippen molar-refractivity contribution >= 4 is 37.0 Å². The van der Waals surface area contributed by atoms with E-state index in [9.17, 15) is 13.2 Å². The largest absolute Gasteiger partial charge is 0.356 e. The normalized spacial score (nSPS) is 11.4. The van der Waals surface area contributed by atoms with Crippen LogP contribution in [0.1, 0.15) is 18.2 Å². The molecule has 1 aromatic heterocycles. The number of nitrogens with one attached hydrogen (secondary N) is 1. The van der Waals surface area contributed by atoms with E-state index in [1.807, 2.05) is 6.92 Å². The Morgan fingerprint density at radius 3 is 2.69 bits per heavy atom. The summed E-state index contributed by atoms with van der Waals surface area (Å²) in [5.74, 6) is -0.109. The van der Waals surface area contributed by atoms with Crippen molar-refractivity contribution in [1.29, 1.82) is 0 Å². The molecule has 90 valence electrons. The Labute approximate surface area is 103 Å². The average molecular weight is 282 g/mol. The number of carbonyl (C=O) groups is 1. The maximum Gasteiger partial charge on any atom is 0.270 e. The molecule has 16 heavy (non-hydrogen) atoms. The van der Waals surface area contributed by atoms with Crippen molar-refractivity contribution < 1.29 is 13.2 Å². The van der Waals surface area contributed by atoms with Gasteiger partial charge in [-0.05, 0) is 18.6 Å². The molecule has 0 radical (unpaired) electrons. The molecule has 4 nitrogen and oxygen atoms in total. The van der Waals surface area contributed by atoms with Crippen LogP contribution in [-0.2, 0) is 20.3 Å². The zero-order chi connectivity index (χ0) is 12.2. The smallest absolute Gasteiger partial charge is 0.270 e. The van der Waals surface area contributed by atoms with Crippen LogP contribution in [0.2, 0.25) is 0 Å². The summed E-state index contributed by atoms with van der Waals surface area (Å²) >= 11 is 1.02. The summed E-state index contributed by atoms with van der Waals surface area (Å²) in [5.41, 5.74) is 0. The van der Waals surface area contributed by atoms with E-state index in [1.54, 1.807) is 6.07 Å². The van der Waals surface area contributed by atoms with Crippen molar-refractivity contribution in [2.24, 2.45) is 0 Å². The monoisotopic (exact) mass is 281 g/mol. The van der Waals surface area contributed by atoms with E-state index in [0.717, 1.165) is 17.8 Å². The summed E-state index contributed by atoms with van der Waals surface area (Å²) in [7, 11) is 1.50. The lowest BCUT2D eigenvalue weighted by Crippen LogP contribution is -2.25. The number of amides is 1. The zero-order valence-electron chi connectivity index (χ0n) is 8.70. The standard InChI is InChI=1S/C9H12ClNO3S2/c1-2-5-11-8(12)6-7-3-4-9(15-7)16(10,13)14/h3-4H,2,5-6H2,1H3,(H,11,12). The second-order valence-corrected chi connectivity index (χ2v) is 7.15. The summed E-state index contributed by atoms with van der Waals surface area (Å²) in [6, 6.07) is 3.01. The second-order valence-electron chi connectivity index (χ2n) is 3.19. The molecule has 1 heterocycles. The maximum atomic E-state index is 11.3. The Hall–Kier alpha value is -0.590. The van der Waals surface area contributed by atoms with Crippen molar-refractivity contribution in [1.82, 2.24) is 5.32 Å². The first-order chi connectivity index (χ1) is 7.43. The summed E-state index contributed by atoms with van der Waals surface area (Å²) < 4.78 is 22.0. The van der Waals surface area contributed by atoms with E-state index in [1.165, 1.54) is 6.07 Å². The van der Waals surface area contributed by atoms with Crippen molar-refractivity contribution in [2.45, 2.75) is 24.0 Å². The number of rotatable bonds is 5. The molecule has 0 spiro atoms. The second kappa shape index (κ2) is 5.65. The van der Waals surface area contributed by atoms with E-state index in [4.69, 9.17) is 10.7 Å². The number of carbonyl (C=O) groups excluding carboxylic acids is 1. The highest BCUT2D eigenvalue weighted by Crippen LogP contribution is 2.24. The van der Waals surface area contributed by atoms with Gasteiger partial charge in [0.05, 0.1) is 6.42 Å². The van der Waals surface area contributed by atoms with E-state index < -0.39 is 9.05 Å². The van der Waals surface area contributed by atoms with Crippen molar-refractivity contribution in [3.8, 4) is 0 Å². The van der Waals surface area contributed by atoms with Gasteiger partial charge in [0, 0.05) is 22.1 Å². The lowest BCUT2D eigenvalue weighted by molar-refractivity contribution is -0.120. The van der Waals surface area contributed by atoms with E-state index in [2.05, 4.69) is 5.32 Å². The number of halogens is 1. The topological polar surface area (TPSA) is 63.2 Å². The van der Waals surface area contributed by atoms with Crippen LogP contribution in [0.15, 0.2) is 16.3 Å². The van der Waals surface area contributed by atoms with E-state index in [0.29, 0.717) is 11.4 Å². The van der Waals surface area contributed by atoms with Crippen LogP contribution in [0.25, 0.3) is 0 Å². The summed E-state index contributed by atoms with van der Waals surface area (Å²) in [6.45, 7) is 2.59. The van der Waals surface area contributed by atoms with Crippen LogP contribution in [-0.4, -0.2) is 20.9 Å². The van der Waals surface area contributed by atoms with Gasteiger partial charge in [0.25, 0.3) is 9.05 Å². The average Bonchev–Trinajstić information content (AvgIpc) is 2.62. The minimum atomic E-state index is -3.68. The molecule has 7 heteroatoms. The fraction of sp³-hybridized carbons (Fsp3) is 0.444. The fourth-order valence-electron chi connectivity index (χ4n) is 1.07. The fourth-order valence-corrected chi connectivity index (χ4v) is 3.19. The highest BCUT2D eigenvalue weighted by molar-refractivity contribution is 8.15. The van der Waals surface area contributed by atoms with Gasteiger partial charge < -0.3 is 5.32 Å². The predicted molar refractivity (Wildman–Crippen MR) is 64.4 cm³/mol. The van der Waals surface area contributed by atoms with Crippen LogP contribution in [0.4, 0.5) is 0 Å². The minimum absolute atomic E-state index is 0.0764. The summed E-state index contributed by atoms with van der Waals surface area (Å²) in [5, 5.41) is 2.71. The third-order valence-corrected chi connectivity index (χ3v) is 4.96. The number of thiophene rings is 1. The first kappa shape index (κ1) is 13.5. The quantitative estimate of drug-likeness (QED) is 0.836. The summed E-state index contributed by atoms with van der Waals surface area (Å²) in [4.78, 5) is 12.0. The van der Waals surface area contributed by atoms with Gasteiger partial charge >= 0.3 is 0 Å². The van der Waals surface area contributed by atoms with Crippen molar-refractivity contribution in [3.63, 3.8) is 0 Å². The van der Waals surface area contributed by atoms with Crippen LogP contribution < -0.4 is 5.32 Å². The molecule has 0 saturated carbocycles. The predicted octanol–water partition coefficient (Wildman–Crippen LogP) is 1.74. The Bertz CT molecular complexity index is 467. The number of hydrogen-bond acceptors (Lipinski definition) is 4. The highest BCUT2D eigenvalue weighted by atomic mass is 35.7. The van der Waals surface area contributed by atoms with Crippen LogP contribution in [0.5, 0.6) is 0 Å². The molecule has 1 aromatic rings. The molecule has 0 aromatic carbocycles. The van der Waals surface area contributed by atoms with Gasteiger partial charge in [-0.2, -0.15) is 0 Å². The SMILES string of the molecule is CCCNC(=O)Cc1ccc(S(=O)(=O)Cl)s1. The molecule has 0 unspecified atom stereocenters. The molecule has 1 N–H and O–H groups in total. The van der Waals surface area contributed by atoms with Crippen LogP contribution in [0, 0.1) is 0 Å². The van der Waals surface area contributed by atoms with E-state index in [-0.39, 0.29) is 16.5 Å². The Morgan fingerprint density at radius 2 is 2.19 bits per heavy atom. The first-order valence-corrected chi connectivity index (χ1v) is 7.86. The van der Waals surface area contributed by atoms with Gasteiger partial charge in [0.1, 0.15) is 4.21 Å². The molecule has 0 aliphatic heterocycles. The third-order valence-electron chi connectivity index (χ3n) is 1.78. The van der Waals surface area contributed by atoms with Gasteiger partial charge in [-0.15, -0.1) is 11.3 Å². The lowest BCUT2D eigenvalue weighted by atomic mass is 10.3. The molecule has 1 rings (SSSR count). The maximum absolute atomic E-state index is 11.3. The molecule has 0 aliphatic carbocycles. The third kappa shape index (κ3) is 4.11. The van der Waals surface area contributed by atoms with Gasteiger partial charge in [-0.3, -0.25) is 4.79 Å². The van der Waals surface area contributed by atoms with Crippen LogP contribution >= 0.6 is 22.0 Å². The van der Waals surface area contributed by atoms with E-state index >= 15 is 0 Å². The van der Waals surface area contributed by atoms with Gasteiger partial charge in [-0.25, -0.2) is 8.42 Å². The van der Waals surface area contributed by atoms with Gasteiger partial charge in [0.2, 0.25) is 5.91 Å². The molecule has 0 atom stereocenters. The first-order valence-electron chi connectivity index (χ1n) is 4.73. The molecule has 0 fully saturated rings. The molecule has 0 saturated heterocycles. The van der Waals surface area contributed by atoms with Crippen molar-refractivity contribution in [3.05, 3.63) is 17.0 Å². The minimum Gasteiger partial charge on any atom is -0.356 e. The molecule has 0 bridgehead atoms. The Morgan fingerprint density at radius 1 is 1.50 bits per heavy atom. The Kier molecular flexibility index (Phi) is 4.76. The molecular formula is C9H12ClNO3S2. The lowest BCUT2D eigenvalue weighted by Gasteiger charge is -2.00. The molecule has 0 aliphatic rings. The van der Waals surface area contributed by atoms with Crippen LogP contribution in [0.3, 0.4) is 0 Å². The zero-order valence-corrected chi connectivity index (χ0v) is 11.1. The molecule has 1 amide bonds. The van der Waals surface area contributed by atoms with Crippen molar-refractivity contribution in [2.75, 3.05) is 6.54 Å². The van der Waals surface area contributed by atoms with Gasteiger partial charge in [-0.1, -0.05) is 6.92 Å². The highest BCUT2D eigenvalue weighted by Gasteiger charge is 2.14. The van der Waals surface area contributed by atoms with Gasteiger partial charge in [0.15, 0.2) is 0 Å². The Balaban J connectivity index is 2.63. The summed E-state index contributed by atoms with van der Waals surface area (Å²) in [6.07, 6.45) is 1.06. The number of hydrogen-bond donors (Lipinski definition) is 1. The molecular weight excluding hydrogens is 270 g/mol.